The highest BCUT2D eigenvalue weighted by molar-refractivity contribution is 7.19. The summed E-state index contributed by atoms with van der Waals surface area (Å²) in [4.78, 5) is 19.7. The van der Waals surface area contributed by atoms with Crippen LogP contribution in [-0.4, -0.2) is 54.1 Å². The van der Waals surface area contributed by atoms with Crippen LogP contribution in [0.4, 0.5) is 4.79 Å². The zero-order valence-electron chi connectivity index (χ0n) is 19.4. The zero-order chi connectivity index (χ0) is 23.5. The summed E-state index contributed by atoms with van der Waals surface area (Å²) >= 11 is 8.26. The summed E-state index contributed by atoms with van der Waals surface area (Å²) in [5, 5.41) is 11.8. The van der Waals surface area contributed by atoms with Gasteiger partial charge in [0.2, 0.25) is 4.96 Å². The Bertz CT molecular complexity index is 1360. The molecule has 4 aromatic rings. The Hall–Kier alpha value is -2.65. The number of amides is 1. The lowest BCUT2D eigenvalue weighted by Gasteiger charge is -2.33. The molecule has 1 aliphatic heterocycles. The quantitative estimate of drug-likeness (QED) is 0.378. The molecule has 1 amide bonds. The lowest BCUT2D eigenvalue weighted by Crippen LogP contribution is -2.41. The minimum absolute atomic E-state index is 0.197. The average Bonchev–Trinajstić information content (AvgIpc) is 3.40. The van der Waals surface area contributed by atoms with Crippen molar-refractivity contribution in [2.24, 2.45) is 7.05 Å². The van der Waals surface area contributed by atoms with Gasteiger partial charge >= 0.3 is 6.09 Å². The van der Waals surface area contributed by atoms with E-state index in [9.17, 15) is 4.79 Å². The van der Waals surface area contributed by atoms with Crippen LogP contribution in [0.15, 0.2) is 18.3 Å². The molecule has 0 atom stereocenters. The Kier molecular flexibility index (Phi) is 5.36. The van der Waals surface area contributed by atoms with Crippen LogP contribution in [0.25, 0.3) is 26.4 Å². The van der Waals surface area contributed by atoms with Gasteiger partial charge < -0.3 is 9.64 Å². The molecular formula is C23H27ClN6O2S. The summed E-state index contributed by atoms with van der Waals surface area (Å²) < 4.78 is 9.06. The molecule has 10 heteroatoms. The molecule has 0 radical (unpaired) electrons. The third-order valence-electron chi connectivity index (χ3n) is 5.87. The number of fused-ring (bicyclic) bond motifs is 2. The number of rotatable bonds is 2. The van der Waals surface area contributed by atoms with Crippen LogP contribution in [0.1, 0.15) is 50.8 Å². The van der Waals surface area contributed by atoms with Gasteiger partial charge in [0, 0.05) is 43.2 Å². The van der Waals surface area contributed by atoms with Crippen LogP contribution in [-0.2, 0) is 11.8 Å². The van der Waals surface area contributed by atoms with Crippen LogP contribution in [0.2, 0.25) is 5.15 Å². The lowest BCUT2D eigenvalue weighted by molar-refractivity contribution is 0.0204. The summed E-state index contributed by atoms with van der Waals surface area (Å²) in [7, 11) is 1.93. The van der Waals surface area contributed by atoms with E-state index in [2.05, 4.69) is 24.2 Å². The maximum atomic E-state index is 12.3. The fraction of sp³-hybridized carbons (Fsp3) is 0.478. The number of likely N-dealkylation sites (tertiary alicyclic amines) is 1. The maximum Gasteiger partial charge on any atom is 0.410 e. The van der Waals surface area contributed by atoms with E-state index in [-0.39, 0.29) is 12.0 Å². The number of carbonyl (C=O) groups excluding carboxylic acids is 1. The van der Waals surface area contributed by atoms with Gasteiger partial charge in [-0.1, -0.05) is 22.9 Å². The Morgan fingerprint density at radius 3 is 2.61 bits per heavy atom. The molecule has 174 valence electrons. The Labute approximate surface area is 201 Å². The molecule has 0 N–H and O–H groups in total. The molecule has 0 aliphatic carbocycles. The number of halogens is 1. The summed E-state index contributed by atoms with van der Waals surface area (Å²) in [5.41, 5.74) is 3.52. The van der Waals surface area contributed by atoms with E-state index in [1.165, 1.54) is 11.3 Å². The zero-order valence-corrected chi connectivity index (χ0v) is 21.0. The van der Waals surface area contributed by atoms with Crippen molar-refractivity contribution < 1.29 is 9.53 Å². The first-order valence-electron chi connectivity index (χ1n) is 11.1. The molecular weight excluding hydrogens is 460 g/mol. The minimum atomic E-state index is -0.491. The largest absolute Gasteiger partial charge is 0.444 e. The summed E-state index contributed by atoms with van der Waals surface area (Å²) in [6.07, 6.45) is 3.35. The van der Waals surface area contributed by atoms with Gasteiger partial charge in [-0.25, -0.2) is 9.78 Å². The third kappa shape index (κ3) is 4.19. The summed E-state index contributed by atoms with van der Waals surface area (Å²) in [6.45, 7) is 8.96. The van der Waals surface area contributed by atoms with E-state index in [0.717, 1.165) is 50.5 Å². The normalized spacial score (nSPS) is 15.6. The molecule has 8 nitrogen and oxygen atoms in total. The standard InChI is InChI=1S/C23H27ClN6O2S/c1-13-10-15(11-16-12-28(5)26-17(13)16)20-27-30-19(24)18(25-21(30)33-20)14-6-8-29(9-7-14)22(31)32-23(2,3)4/h10-12,14H,6-9H2,1-5H3. The highest BCUT2D eigenvalue weighted by Crippen LogP contribution is 2.37. The van der Waals surface area contributed by atoms with E-state index >= 15 is 0 Å². The molecule has 0 unspecified atom stereocenters. The molecule has 33 heavy (non-hydrogen) atoms. The first kappa shape index (κ1) is 22.2. The first-order valence-corrected chi connectivity index (χ1v) is 12.3. The first-order chi connectivity index (χ1) is 15.6. The van der Waals surface area contributed by atoms with E-state index in [4.69, 9.17) is 26.4 Å². The van der Waals surface area contributed by atoms with E-state index < -0.39 is 5.60 Å². The van der Waals surface area contributed by atoms with Crippen molar-refractivity contribution in [3.63, 3.8) is 0 Å². The van der Waals surface area contributed by atoms with E-state index in [1.807, 2.05) is 38.7 Å². The van der Waals surface area contributed by atoms with E-state index in [1.54, 1.807) is 9.42 Å². The second-order valence-corrected chi connectivity index (χ2v) is 11.0. The fourth-order valence-corrected chi connectivity index (χ4v) is 5.59. The molecule has 0 saturated carbocycles. The second-order valence-electron chi connectivity index (χ2n) is 9.66. The number of imidazole rings is 1. The van der Waals surface area contributed by atoms with Gasteiger partial charge in [-0.3, -0.25) is 4.68 Å². The molecule has 0 bridgehead atoms. The van der Waals surface area contributed by atoms with E-state index in [0.29, 0.717) is 18.2 Å². The molecule has 1 saturated heterocycles. The Morgan fingerprint density at radius 1 is 1.21 bits per heavy atom. The number of piperidine rings is 1. The number of ether oxygens (including phenoxy) is 1. The molecule has 0 spiro atoms. The van der Waals surface area contributed by atoms with Gasteiger partial charge in [0.25, 0.3) is 0 Å². The van der Waals surface area contributed by atoms with Crippen LogP contribution in [0, 0.1) is 6.92 Å². The van der Waals surface area contributed by atoms with Crippen LogP contribution in [0.5, 0.6) is 0 Å². The number of benzene rings is 1. The molecule has 5 rings (SSSR count). The number of aromatic nitrogens is 5. The number of nitrogens with zero attached hydrogens (tertiary/aromatic N) is 6. The minimum Gasteiger partial charge on any atom is -0.444 e. The number of aryl methyl sites for hydroxylation is 2. The van der Waals surface area contributed by atoms with Crippen molar-refractivity contribution in [1.29, 1.82) is 0 Å². The monoisotopic (exact) mass is 486 g/mol. The topological polar surface area (TPSA) is 77.5 Å². The van der Waals surface area contributed by atoms with Crippen LogP contribution in [0.3, 0.4) is 0 Å². The lowest BCUT2D eigenvalue weighted by atomic mass is 9.94. The Morgan fingerprint density at radius 2 is 1.94 bits per heavy atom. The highest BCUT2D eigenvalue weighted by atomic mass is 35.5. The molecule has 1 aromatic carbocycles. The molecule has 1 fully saturated rings. The number of carbonyl (C=O) groups is 1. The maximum absolute atomic E-state index is 12.3. The fourth-order valence-electron chi connectivity index (χ4n) is 4.33. The SMILES string of the molecule is Cc1cc(-c2nn3c(Cl)c(C4CCN(C(=O)OC(C)(C)C)CC4)nc3s2)cc2cn(C)nc12. The van der Waals surface area contributed by atoms with Crippen LogP contribution >= 0.6 is 22.9 Å². The van der Waals surface area contributed by atoms with Gasteiger partial charge in [-0.2, -0.15) is 14.7 Å². The van der Waals surface area contributed by atoms with Gasteiger partial charge in [0.1, 0.15) is 10.6 Å². The number of hydrogen-bond donors (Lipinski definition) is 0. The smallest absolute Gasteiger partial charge is 0.410 e. The third-order valence-corrected chi connectivity index (χ3v) is 7.18. The highest BCUT2D eigenvalue weighted by Gasteiger charge is 2.30. The van der Waals surface area contributed by atoms with Crippen molar-refractivity contribution in [2.75, 3.05) is 13.1 Å². The van der Waals surface area contributed by atoms with Gasteiger partial charge in [-0.05, 0) is 58.2 Å². The summed E-state index contributed by atoms with van der Waals surface area (Å²) in [6, 6.07) is 4.21. The van der Waals surface area contributed by atoms with Crippen molar-refractivity contribution in [3.8, 4) is 10.6 Å². The van der Waals surface area contributed by atoms with Crippen LogP contribution < -0.4 is 0 Å². The second kappa shape index (κ2) is 7.99. The molecule has 4 heterocycles. The van der Waals surface area contributed by atoms with Gasteiger partial charge in [0.15, 0.2) is 5.15 Å². The summed E-state index contributed by atoms with van der Waals surface area (Å²) in [5.74, 6) is 0.197. The van der Waals surface area contributed by atoms with Crippen molar-refractivity contribution in [1.82, 2.24) is 29.3 Å². The van der Waals surface area contributed by atoms with Crippen molar-refractivity contribution in [3.05, 3.63) is 34.7 Å². The average molecular weight is 487 g/mol. The predicted octanol–water partition coefficient (Wildman–Crippen LogP) is 5.42. The van der Waals surface area contributed by atoms with Crippen molar-refractivity contribution >= 4 is 44.9 Å². The van der Waals surface area contributed by atoms with Gasteiger partial charge in [-0.15, -0.1) is 0 Å². The molecule has 1 aliphatic rings. The predicted molar refractivity (Wildman–Crippen MR) is 130 cm³/mol. The number of hydrogen-bond acceptors (Lipinski definition) is 6. The van der Waals surface area contributed by atoms with Gasteiger partial charge in [0.05, 0.1) is 11.2 Å². The Balaban J connectivity index is 1.36. The molecule has 3 aromatic heterocycles. The van der Waals surface area contributed by atoms with Crippen molar-refractivity contribution in [2.45, 2.75) is 52.1 Å².